The highest BCUT2D eigenvalue weighted by atomic mass is 15.2. The molecule has 0 aliphatic rings. The second kappa shape index (κ2) is 2.66. The summed E-state index contributed by atoms with van der Waals surface area (Å²) in [6.45, 7) is 4.81. The van der Waals surface area contributed by atoms with Gasteiger partial charge in [-0.05, 0) is 6.07 Å². The SMILES string of the molecule is Cn1ccc(C(C)(C)CN)n1. The molecule has 1 rings (SSSR count). The lowest BCUT2D eigenvalue weighted by atomic mass is 9.90. The second-order valence-electron chi connectivity index (χ2n) is 3.46. The molecule has 2 N–H and O–H groups in total. The van der Waals surface area contributed by atoms with Gasteiger partial charge in [0, 0.05) is 25.2 Å². The maximum Gasteiger partial charge on any atom is 0.0693 e. The van der Waals surface area contributed by atoms with Crippen LogP contribution < -0.4 is 5.73 Å². The molecule has 0 aliphatic carbocycles. The molecule has 0 aromatic carbocycles. The Kier molecular flexibility index (Phi) is 2.00. The van der Waals surface area contributed by atoms with Gasteiger partial charge in [0.25, 0.3) is 0 Å². The van der Waals surface area contributed by atoms with Crippen LogP contribution in [0.3, 0.4) is 0 Å². The van der Waals surface area contributed by atoms with Crippen molar-refractivity contribution >= 4 is 0 Å². The molecule has 0 spiro atoms. The minimum atomic E-state index is 0.00125. The Labute approximate surface area is 67.2 Å². The van der Waals surface area contributed by atoms with Gasteiger partial charge >= 0.3 is 0 Å². The Morgan fingerprint density at radius 1 is 1.64 bits per heavy atom. The third-order valence-electron chi connectivity index (χ3n) is 1.92. The van der Waals surface area contributed by atoms with Gasteiger partial charge in [-0.15, -0.1) is 0 Å². The van der Waals surface area contributed by atoms with Crippen molar-refractivity contribution in [3.8, 4) is 0 Å². The van der Waals surface area contributed by atoms with E-state index in [1.54, 1.807) is 4.68 Å². The summed E-state index contributed by atoms with van der Waals surface area (Å²) >= 11 is 0. The van der Waals surface area contributed by atoms with E-state index in [1.807, 2.05) is 19.3 Å². The van der Waals surface area contributed by atoms with Crippen molar-refractivity contribution in [1.82, 2.24) is 9.78 Å². The zero-order chi connectivity index (χ0) is 8.48. The highest BCUT2D eigenvalue weighted by Gasteiger charge is 2.20. The fraction of sp³-hybridized carbons (Fsp3) is 0.625. The Bertz CT molecular complexity index is 237. The summed E-state index contributed by atoms with van der Waals surface area (Å²) in [5, 5.41) is 4.29. The van der Waals surface area contributed by atoms with Gasteiger partial charge in [0.2, 0.25) is 0 Å². The molecule has 0 saturated heterocycles. The predicted molar refractivity (Wildman–Crippen MR) is 45.3 cm³/mol. The molecule has 0 aliphatic heterocycles. The normalized spacial score (nSPS) is 12.0. The first-order valence-electron chi connectivity index (χ1n) is 3.76. The van der Waals surface area contributed by atoms with Gasteiger partial charge in [-0.25, -0.2) is 0 Å². The number of nitrogens with two attached hydrogens (primary N) is 1. The molecule has 1 aromatic heterocycles. The number of rotatable bonds is 2. The molecule has 0 unspecified atom stereocenters. The van der Waals surface area contributed by atoms with Crippen LogP contribution in [0.2, 0.25) is 0 Å². The van der Waals surface area contributed by atoms with Gasteiger partial charge in [0.1, 0.15) is 0 Å². The Morgan fingerprint density at radius 2 is 2.27 bits per heavy atom. The molecular formula is C8H15N3. The zero-order valence-electron chi connectivity index (χ0n) is 7.33. The molecule has 0 radical (unpaired) electrons. The van der Waals surface area contributed by atoms with E-state index in [0.717, 1.165) is 5.69 Å². The van der Waals surface area contributed by atoms with Crippen LogP contribution in [0.1, 0.15) is 19.5 Å². The molecule has 1 heterocycles. The first-order chi connectivity index (χ1) is 5.06. The van der Waals surface area contributed by atoms with E-state index in [4.69, 9.17) is 5.73 Å². The largest absolute Gasteiger partial charge is 0.330 e. The second-order valence-corrected chi connectivity index (χ2v) is 3.46. The number of aryl methyl sites for hydroxylation is 1. The number of aromatic nitrogens is 2. The lowest BCUT2D eigenvalue weighted by Gasteiger charge is -2.18. The van der Waals surface area contributed by atoms with Crippen LogP contribution in [0.4, 0.5) is 0 Å². The fourth-order valence-corrected chi connectivity index (χ4v) is 0.881. The first kappa shape index (κ1) is 8.27. The van der Waals surface area contributed by atoms with Crippen LogP contribution in [-0.2, 0) is 12.5 Å². The third-order valence-corrected chi connectivity index (χ3v) is 1.92. The average Bonchev–Trinajstić information content (AvgIpc) is 2.36. The average molecular weight is 153 g/mol. The lowest BCUT2D eigenvalue weighted by molar-refractivity contribution is 0.511. The Hall–Kier alpha value is -0.830. The molecule has 3 heteroatoms. The minimum Gasteiger partial charge on any atom is -0.330 e. The van der Waals surface area contributed by atoms with Crippen molar-refractivity contribution in [2.75, 3.05) is 6.54 Å². The minimum absolute atomic E-state index is 0.00125. The van der Waals surface area contributed by atoms with E-state index >= 15 is 0 Å². The van der Waals surface area contributed by atoms with E-state index in [1.165, 1.54) is 0 Å². The maximum absolute atomic E-state index is 5.60. The smallest absolute Gasteiger partial charge is 0.0693 e. The highest BCUT2D eigenvalue weighted by molar-refractivity contribution is 5.12. The van der Waals surface area contributed by atoms with Crippen molar-refractivity contribution in [1.29, 1.82) is 0 Å². The van der Waals surface area contributed by atoms with Gasteiger partial charge in [-0.3, -0.25) is 4.68 Å². The summed E-state index contributed by atoms with van der Waals surface area (Å²) in [5.41, 5.74) is 6.66. The molecule has 3 nitrogen and oxygen atoms in total. The Balaban J connectivity index is 2.92. The number of hydrogen-bond donors (Lipinski definition) is 1. The first-order valence-corrected chi connectivity index (χ1v) is 3.76. The van der Waals surface area contributed by atoms with Crippen LogP contribution in [0.5, 0.6) is 0 Å². The van der Waals surface area contributed by atoms with Crippen molar-refractivity contribution in [2.24, 2.45) is 12.8 Å². The molecule has 0 amide bonds. The molecule has 11 heavy (non-hydrogen) atoms. The van der Waals surface area contributed by atoms with Gasteiger partial charge in [-0.1, -0.05) is 13.8 Å². The van der Waals surface area contributed by atoms with Gasteiger partial charge < -0.3 is 5.73 Å². The fourth-order valence-electron chi connectivity index (χ4n) is 0.881. The monoisotopic (exact) mass is 153 g/mol. The molecule has 0 atom stereocenters. The summed E-state index contributed by atoms with van der Waals surface area (Å²) in [6.07, 6.45) is 1.94. The molecule has 0 bridgehead atoms. The lowest BCUT2D eigenvalue weighted by Crippen LogP contribution is -2.28. The van der Waals surface area contributed by atoms with E-state index < -0.39 is 0 Å². The summed E-state index contributed by atoms with van der Waals surface area (Å²) in [5.74, 6) is 0. The summed E-state index contributed by atoms with van der Waals surface area (Å²) in [6, 6.07) is 2.01. The van der Waals surface area contributed by atoms with Crippen molar-refractivity contribution < 1.29 is 0 Å². The third kappa shape index (κ3) is 1.60. The quantitative estimate of drug-likeness (QED) is 0.678. The van der Waals surface area contributed by atoms with E-state index in [2.05, 4.69) is 18.9 Å². The van der Waals surface area contributed by atoms with Crippen molar-refractivity contribution in [3.63, 3.8) is 0 Å². The number of nitrogens with zero attached hydrogens (tertiary/aromatic N) is 2. The van der Waals surface area contributed by atoms with E-state index in [9.17, 15) is 0 Å². The summed E-state index contributed by atoms with van der Waals surface area (Å²) < 4.78 is 1.80. The van der Waals surface area contributed by atoms with E-state index in [-0.39, 0.29) is 5.41 Å². The number of hydrogen-bond acceptors (Lipinski definition) is 2. The maximum atomic E-state index is 5.60. The molecule has 0 fully saturated rings. The molecule has 0 saturated carbocycles. The van der Waals surface area contributed by atoms with Gasteiger partial charge in [0.15, 0.2) is 0 Å². The molecular weight excluding hydrogens is 138 g/mol. The van der Waals surface area contributed by atoms with Crippen LogP contribution >= 0.6 is 0 Å². The van der Waals surface area contributed by atoms with Gasteiger partial charge in [-0.2, -0.15) is 5.10 Å². The molecule has 62 valence electrons. The Morgan fingerprint density at radius 3 is 2.64 bits per heavy atom. The van der Waals surface area contributed by atoms with Crippen molar-refractivity contribution in [3.05, 3.63) is 18.0 Å². The van der Waals surface area contributed by atoms with E-state index in [0.29, 0.717) is 6.54 Å². The highest BCUT2D eigenvalue weighted by Crippen LogP contribution is 2.18. The van der Waals surface area contributed by atoms with Crippen LogP contribution in [0.25, 0.3) is 0 Å². The van der Waals surface area contributed by atoms with Crippen molar-refractivity contribution in [2.45, 2.75) is 19.3 Å². The summed E-state index contributed by atoms with van der Waals surface area (Å²) in [7, 11) is 1.91. The zero-order valence-corrected chi connectivity index (χ0v) is 7.33. The predicted octanol–water partition coefficient (Wildman–Crippen LogP) is 0.656. The van der Waals surface area contributed by atoms with Crippen LogP contribution in [0, 0.1) is 0 Å². The summed E-state index contributed by atoms with van der Waals surface area (Å²) in [4.78, 5) is 0. The standard InChI is InChI=1S/C8H15N3/c1-8(2,6-9)7-4-5-11(3)10-7/h4-5H,6,9H2,1-3H3. The molecule has 1 aromatic rings. The van der Waals surface area contributed by atoms with Gasteiger partial charge in [0.05, 0.1) is 5.69 Å². The topological polar surface area (TPSA) is 43.8 Å². The van der Waals surface area contributed by atoms with Crippen LogP contribution in [0.15, 0.2) is 12.3 Å². The van der Waals surface area contributed by atoms with Crippen LogP contribution in [-0.4, -0.2) is 16.3 Å².